The maximum Gasteiger partial charge on any atom is 0.337 e. The van der Waals surface area contributed by atoms with E-state index in [0.717, 1.165) is 22.4 Å². The minimum Gasteiger partial charge on any atom is -0.507 e. The number of hydrogen-bond acceptors (Lipinski definition) is 4. The molecule has 6 heteroatoms. The highest BCUT2D eigenvalue weighted by molar-refractivity contribution is 6.30. The van der Waals surface area contributed by atoms with Gasteiger partial charge in [-0.3, -0.25) is 0 Å². The van der Waals surface area contributed by atoms with Crippen molar-refractivity contribution in [2.45, 2.75) is 12.2 Å². The van der Waals surface area contributed by atoms with E-state index in [4.69, 9.17) is 16.3 Å². The van der Waals surface area contributed by atoms with E-state index in [1.165, 1.54) is 7.11 Å². The van der Waals surface area contributed by atoms with Gasteiger partial charge in [0.05, 0.1) is 18.2 Å². The van der Waals surface area contributed by atoms with Crippen molar-refractivity contribution in [2.75, 3.05) is 7.11 Å². The molecular formula is C24H22ClN2O3+. The quantitative estimate of drug-likeness (QED) is 0.560. The number of phenolic OH excluding ortho intramolecular Hbond substituents is 1. The number of aromatic hydroxyl groups is 1. The Bertz CT molecular complexity index is 1080. The van der Waals surface area contributed by atoms with E-state index in [1.807, 2.05) is 54.6 Å². The highest BCUT2D eigenvalue weighted by Gasteiger charge is 2.29. The molecule has 5 nitrogen and oxygen atoms in total. The van der Waals surface area contributed by atoms with Gasteiger partial charge in [-0.1, -0.05) is 48.0 Å². The second kappa shape index (κ2) is 8.61. The third-order valence-corrected chi connectivity index (χ3v) is 5.45. The Morgan fingerprint density at radius 1 is 1.03 bits per heavy atom. The van der Waals surface area contributed by atoms with E-state index >= 15 is 0 Å². The van der Waals surface area contributed by atoms with Gasteiger partial charge in [-0.15, -0.1) is 0 Å². The number of benzene rings is 3. The second-order valence-electron chi connectivity index (χ2n) is 7.10. The molecule has 0 bridgehead atoms. The lowest BCUT2D eigenvalue weighted by atomic mass is 9.97. The highest BCUT2D eigenvalue weighted by atomic mass is 35.5. The van der Waals surface area contributed by atoms with E-state index in [2.05, 4.69) is 16.7 Å². The van der Waals surface area contributed by atoms with Gasteiger partial charge in [-0.05, 0) is 42.0 Å². The summed E-state index contributed by atoms with van der Waals surface area (Å²) in [5.41, 5.74) is 4.29. The lowest BCUT2D eigenvalue weighted by molar-refractivity contribution is -0.731. The number of phenols is 1. The van der Waals surface area contributed by atoms with E-state index in [1.54, 1.807) is 18.2 Å². The van der Waals surface area contributed by atoms with Crippen LogP contribution >= 0.6 is 11.6 Å². The molecule has 0 aromatic heterocycles. The van der Waals surface area contributed by atoms with Gasteiger partial charge in [0, 0.05) is 22.4 Å². The molecule has 1 aliphatic heterocycles. The zero-order chi connectivity index (χ0) is 21.1. The number of halogens is 1. The summed E-state index contributed by atoms with van der Waals surface area (Å²) in [5, 5.41) is 16.8. The molecule has 0 aliphatic carbocycles. The molecule has 0 saturated carbocycles. The van der Waals surface area contributed by atoms with Gasteiger partial charge >= 0.3 is 5.97 Å². The van der Waals surface area contributed by atoms with Crippen molar-refractivity contribution in [2.24, 2.45) is 0 Å². The fourth-order valence-electron chi connectivity index (χ4n) is 3.62. The number of nitrogens with one attached hydrogen (secondary N) is 1. The SMILES string of the molecule is COC(=O)c1ccc(C2NC(c3ccc(Cl)cc3)=CC(c3ccccc3O)[NH2+]2)cc1. The number of methoxy groups -OCH3 is 1. The number of carbonyl (C=O) groups excluding carboxylic acids is 1. The largest absolute Gasteiger partial charge is 0.507 e. The Morgan fingerprint density at radius 2 is 1.73 bits per heavy atom. The normalized spacial score (nSPS) is 18.3. The van der Waals surface area contributed by atoms with Gasteiger partial charge in [-0.2, -0.15) is 0 Å². The van der Waals surface area contributed by atoms with Crippen molar-refractivity contribution < 1.29 is 20.0 Å². The minimum atomic E-state index is -0.365. The molecule has 0 fully saturated rings. The van der Waals surface area contributed by atoms with Gasteiger partial charge in [0.25, 0.3) is 0 Å². The molecule has 2 atom stereocenters. The fraction of sp³-hybridized carbons (Fsp3) is 0.125. The van der Waals surface area contributed by atoms with Crippen molar-refractivity contribution in [1.82, 2.24) is 5.32 Å². The van der Waals surface area contributed by atoms with Crippen molar-refractivity contribution in [3.63, 3.8) is 0 Å². The molecule has 1 aliphatic rings. The molecule has 3 aromatic rings. The van der Waals surface area contributed by atoms with Crippen LogP contribution in [0, 0.1) is 0 Å². The Labute approximate surface area is 180 Å². The summed E-state index contributed by atoms with van der Waals surface area (Å²) >= 11 is 6.06. The summed E-state index contributed by atoms with van der Waals surface area (Å²) in [4.78, 5) is 11.7. The van der Waals surface area contributed by atoms with Crippen LogP contribution in [0.3, 0.4) is 0 Å². The average molecular weight is 422 g/mol. The van der Waals surface area contributed by atoms with E-state index < -0.39 is 0 Å². The first kappa shape index (κ1) is 20.0. The molecule has 2 unspecified atom stereocenters. The Hall–Kier alpha value is -3.28. The first-order valence-corrected chi connectivity index (χ1v) is 9.98. The van der Waals surface area contributed by atoms with Crippen molar-refractivity contribution in [3.05, 3.63) is 106 Å². The summed E-state index contributed by atoms with van der Waals surface area (Å²) < 4.78 is 4.78. The van der Waals surface area contributed by atoms with E-state index in [-0.39, 0.29) is 23.9 Å². The fourth-order valence-corrected chi connectivity index (χ4v) is 3.74. The molecule has 152 valence electrons. The summed E-state index contributed by atoms with van der Waals surface area (Å²) in [6.45, 7) is 0. The first-order valence-electron chi connectivity index (χ1n) is 9.60. The minimum absolute atomic E-state index is 0.0941. The van der Waals surface area contributed by atoms with Crippen LogP contribution < -0.4 is 10.6 Å². The van der Waals surface area contributed by atoms with Crippen LogP contribution in [-0.2, 0) is 4.74 Å². The summed E-state index contributed by atoms with van der Waals surface area (Å²) in [7, 11) is 1.37. The van der Waals surface area contributed by atoms with Crippen LogP contribution in [0.1, 0.15) is 39.3 Å². The van der Waals surface area contributed by atoms with Crippen LogP contribution in [0.25, 0.3) is 5.70 Å². The lowest BCUT2D eigenvalue weighted by Crippen LogP contribution is -2.89. The number of quaternary nitrogens is 1. The maximum absolute atomic E-state index is 11.7. The predicted molar refractivity (Wildman–Crippen MR) is 116 cm³/mol. The number of hydrogen-bond donors (Lipinski definition) is 3. The third kappa shape index (κ3) is 4.17. The predicted octanol–water partition coefficient (Wildman–Crippen LogP) is 3.78. The smallest absolute Gasteiger partial charge is 0.337 e. The standard InChI is InChI=1S/C24H21ClN2O3/c1-30-24(29)17-8-6-16(7-9-17)23-26-20(15-10-12-18(25)13-11-15)14-21(27-23)19-4-2-3-5-22(19)28/h2-14,21,23,26-28H,1H3/p+1. The number of ether oxygens (including phenoxy) is 1. The van der Waals surface area contributed by atoms with Crippen molar-refractivity contribution in [3.8, 4) is 5.75 Å². The zero-order valence-corrected chi connectivity index (χ0v) is 17.1. The second-order valence-corrected chi connectivity index (χ2v) is 7.54. The highest BCUT2D eigenvalue weighted by Crippen LogP contribution is 2.29. The van der Waals surface area contributed by atoms with Crippen LogP contribution in [0.5, 0.6) is 5.75 Å². The number of esters is 1. The van der Waals surface area contributed by atoms with Gasteiger partial charge in [0.15, 0.2) is 6.17 Å². The molecule has 30 heavy (non-hydrogen) atoms. The Kier molecular flexibility index (Phi) is 5.74. The van der Waals surface area contributed by atoms with Crippen LogP contribution in [0.15, 0.2) is 78.9 Å². The van der Waals surface area contributed by atoms with Gasteiger partial charge < -0.3 is 20.5 Å². The van der Waals surface area contributed by atoms with E-state index in [0.29, 0.717) is 10.6 Å². The number of para-hydroxylation sites is 1. The molecule has 0 saturated heterocycles. The topological polar surface area (TPSA) is 75.2 Å². The van der Waals surface area contributed by atoms with Crippen molar-refractivity contribution in [1.29, 1.82) is 0 Å². The van der Waals surface area contributed by atoms with Crippen molar-refractivity contribution >= 4 is 23.3 Å². The maximum atomic E-state index is 11.7. The number of rotatable bonds is 4. The molecule has 0 radical (unpaired) electrons. The van der Waals surface area contributed by atoms with Crippen LogP contribution in [0.2, 0.25) is 5.02 Å². The Balaban J connectivity index is 1.70. The number of nitrogens with two attached hydrogens (primary N) is 1. The third-order valence-electron chi connectivity index (χ3n) is 5.20. The molecule has 0 spiro atoms. The zero-order valence-electron chi connectivity index (χ0n) is 16.4. The molecule has 3 aromatic carbocycles. The number of carbonyl (C=O) groups is 1. The summed E-state index contributed by atoms with van der Waals surface area (Å²) in [6, 6.07) is 22.2. The van der Waals surface area contributed by atoms with Gasteiger partial charge in [0.1, 0.15) is 11.8 Å². The monoisotopic (exact) mass is 421 g/mol. The molecule has 0 amide bonds. The Morgan fingerprint density at radius 3 is 2.40 bits per heavy atom. The molecular weight excluding hydrogens is 400 g/mol. The molecule has 4 rings (SSSR count). The van der Waals surface area contributed by atoms with E-state index in [9.17, 15) is 9.90 Å². The average Bonchev–Trinajstić information content (AvgIpc) is 2.79. The van der Waals surface area contributed by atoms with Crippen LogP contribution in [-0.4, -0.2) is 18.2 Å². The summed E-state index contributed by atoms with van der Waals surface area (Å²) in [5.74, 6) is -0.108. The van der Waals surface area contributed by atoms with Crippen LogP contribution in [0.4, 0.5) is 0 Å². The molecule has 4 N–H and O–H groups in total. The van der Waals surface area contributed by atoms with Gasteiger partial charge in [-0.25, -0.2) is 4.79 Å². The van der Waals surface area contributed by atoms with Gasteiger partial charge in [0.2, 0.25) is 0 Å². The summed E-state index contributed by atoms with van der Waals surface area (Å²) in [6.07, 6.45) is 1.98. The molecule has 1 heterocycles. The first-order chi connectivity index (χ1) is 14.5. The lowest BCUT2D eigenvalue weighted by Gasteiger charge is -2.30.